The number of pyridine rings is 1. The van der Waals surface area contributed by atoms with Crippen molar-refractivity contribution in [1.29, 1.82) is 0 Å². The Morgan fingerprint density at radius 3 is 2.87 bits per heavy atom. The summed E-state index contributed by atoms with van der Waals surface area (Å²) in [6, 6.07) is 13.9. The maximum Gasteiger partial charge on any atom is 0.273 e. The molecule has 0 spiro atoms. The van der Waals surface area contributed by atoms with Crippen LogP contribution in [-0.2, 0) is 0 Å². The fourth-order valence-corrected chi connectivity index (χ4v) is 5.17. The number of thioether (sulfide) groups is 1. The quantitative estimate of drug-likeness (QED) is 0.417. The van der Waals surface area contributed by atoms with Gasteiger partial charge in [-0.2, -0.15) is 0 Å². The second kappa shape index (κ2) is 7.73. The molecule has 3 atom stereocenters. The maximum absolute atomic E-state index is 11.1. The predicted octanol–water partition coefficient (Wildman–Crippen LogP) is 4.85. The summed E-state index contributed by atoms with van der Waals surface area (Å²) in [6.45, 7) is 3.07. The lowest BCUT2D eigenvalue weighted by Gasteiger charge is -2.25. The minimum absolute atomic E-state index is 0.0282. The molecule has 2 aliphatic rings. The summed E-state index contributed by atoms with van der Waals surface area (Å²) < 4.78 is 11.7. The van der Waals surface area contributed by atoms with Crippen molar-refractivity contribution in [3.8, 4) is 17.1 Å². The van der Waals surface area contributed by atoms with Crippen LogP contribution >= 0.6 is 11.8 Å². The van der Waals surface area contributed by atoms with Gasteiger partial charge in [0.2, 0.25) is 0 Å². The van der Waals surface area contributed by atoms with Crippen molar-refractivity contribution in [2.75, 3.05) is 13.7 Å². The number of furan rings is 1. The summed E-state index contributed by atoms with van der Waals surface area (Å²) in [6.07, 6.45) is 1.78. The van der Waals surface area contributed by atoms with Crippen molar-refractivity contribution >= 4 is 22.6 Å². The summed E-state index contributed by atoms with van der Waals surface area (Å²) in [5.41, 5.74) is 1.53. The Bertz CT molecular complexity index is 1160. The van der Waals surface area contributed by atoms with Crippen LogP contribution in [0.15, 0.2) is 64.1 Å². The van der Waals surface area contributed by atoms with Crippen molar-refractivity contribution in [1.82, 2.24) is 9.88 Å². The van der Waals surface area contributed by atoms with Crippen molar-refractivity contribution in [3.05, 3.63) is 76.3 Å². The molecule has 0 unspecified atom stereocenters. The normalized spacial score (nSPS) is 22.3. The third kappa shape index (κ3) is 3.44. The van der Waals surface area contributed by atoms with E-state index in [9.17, 15) is 10.1 Å². The number of ether oxygens (including phenoxy) is 1. The van der Waals surface area contributed by atoms with Gasteiger partial charge < -0.3 is 14.1 Å². The first-order chi connectivity index (χ1) is 15.0. The molecule has 5 rings (SSSR count). The number of non-ortho nitro benzene ring substituents is 1. The molecular formula is C22H20N4O4S. The fraction of sp³-hybridized carbons (Fsp3) is 0.273. The number of fused-ring (bicyclic) bond motifs is 1. The van der Waals surface area contributed by atoms with E-state index in [4.69, 9.17) is 14.1 Å². The Kier molecular flexibility index (Phi) is 4.90. The number of nitro groups is 1. The van der Waals surface area contributed by atoms with Crippen LogP contribution in [0, 0.1) is 10.1 Å². The van der Waals surface area contributed by atoms with Crippen LogP contribution in [0.5, 0.6) is 5.75 Å². The van der Waals surface area contributed by atoms with Crippen molar-refractivity contribution in [2.45, 2.75) is 24.3 Å². The molecule has 31 heavy (non-hydrogen) atoms. The van der Waals surface area contributed by atoms with Crippen LogP contribution in [0.1, 0.15) is 30.5 Å². The zero-order chi connectivity index (χ0) is 21.5. The van der Waals surface area contributed by atoms with E-state index in [0.29, 0.717) is 22.3 Å². The lowest BCUT2D eigenvalue weighted by molar-refractivity contribution is -0.384. The Morgan fingerprint density at radius 1 is 1.26 bits per heavy atom. The summed E-state index contributed by atoms with van der Waals surface area (Å²) in [7, 11) is 1.49. The van der Waals surface area contributed by atoms with Gasteiger partial charge in [0, 0.05) is 24.1 Å². The van der Waals surface area contributed by atoms with Gasteiger partial charge in [-0.05, 0) is 30.3 Å². The van der Waals surface area contributed by atoms with E-state index in [-0.39, 0.29) is 17.8 Å². The average molecular weight is 436 g/mol. The van der Waals surface area contributed by atoms with Gasteiger partial charge in [0.25, 0.3) is 5.69 Å². The van der Waals surface area contributed by atoms with Gasteiger partial charge >= 0.3 is 0 Å². The molecular weight excluding hydrogens is 416 g/mol. The van der Waals surface area contributed by atoms with Crippen LogP contribution in [-0.4, -0.2) is 38.9 Å². The Hall–Kier alpha value is -3.33. The molecule has 1 saturated heterocycles. The number of nitro benzene ring substituents is 1. The molecule has 2 aromatic heterocycles. The van der Waals surface area contributed by atoms with Crippen LogP contribution in [0.2, 0.25) is 0 Å². The molecule has 0 saturated carbocycles. The molecule has 0 radical (unpaired) electrons. The zero-order valence-corrected chi connectivity index (χ0v) is 17.8. The van der Waals surface area contributed by atoms with Gasteiger partial charge in [-0.1, -0.05) is 24.8 Å². The molecule has 8 nitrogen and oxygen atoms in total. The Labute approximate surface area is 183 Å². The van der Waals surface area contributed by atoms with Crippen LogP contribution in [0.3, 0.4) is 0 Å². The smallest absolute Gasteiger partial charge is 0.273 e. The number of rotatable bonds is 5. The number of benzene rings is 1. The van der Waals surface area contributed by atoms with E-state index in [1.54, 1.807) is 24.0 Å². The molecule has 0 N–H and O–H groups in total. The summed E-state index contributed by atoms with van der Waals surface area (Å²) in [4.78, 5) is 22.4. The molecule has 158 valence electrons. The Morgan fingerprint density at radius 2 is 2.13 bits per heavy atom. The number of aliphatic imine (C=N–C) groups is 1. The van der Waals surface area contributed by atoms with E-state index >= 15 is 0 Å². The summed E-state index contributed by atoms with van der Waals surface area (Å²) in [5, 5.41) is 12.6. The van der Waals surface area contributed by atoms with Gasteiger partial charge in [0.15, 0.2) is 5.17 Å². The Balaban J connectivity index is 1.53. The van der Waals surface area contributed by atoms with Crippen molar-refractivity contribution in [2.24, 2.45) is 4.99 Å². The molecule has 0 aliphatic carbocycles. The molecule has 0 amide bonds. The maximum atomic E-state index is 11.1. The number of nitrogens with zero attached hydrogens (tertiary/aromatic N) is 4. The highest BCUT2D eigenvalue weighted by molar-refractivity contribution is 8.14. The standard InChI is InChI=1S/C22H20N4O4S/c1-13-12-25-21(20(24-22(25)31-13)16-5-3-4-10-23-16)18-9-8-17(30-18)15-7-6-14(26(27)28)11-19(15)29-2/h3-11,13,20-21H,12H2,1-2H3/t13-,20-,21-/m0/s1. The molecule has 3 aromatic rings. The minimum Gasteiger partial charge on any atom is -0.496 e. The SMILES string of the molecule is COc1cc([N+](=O)[O-])ccc1-c1ccc([C@H]2[C@H](c3ccccn3)N=C3S[C@@H](C)CN32)o1. The van der Waals surface area contributed by atoms with Gasteiger partial charge in [-0.3, -0.25) is 15.1 Å². The van der Waals surface area contributed by atoms with Crippen LogP contribution < -0.4 is 4.74 Å². The molecule has 0 bridgehead atoms. The highest BCUT2D eigenvalue weighted by atomic mass is 32.2. The molecule has 9 heteroatoms. The predicted molar refractivity (Wildman–Crippen MR) is 118 cm³/mol. The monoisotopic (exact) mass is 436 g/mol. The van der Waals surface area contributed by atoms with Crippen molar-refractivity contribution in [3.63, 3.8) is 0 Å². The van der Waals surface area contributed by atoms with Crippen molar-refractivity contribution < 1.29 is 14.1 Å². The van der Waals surface area contributed by atoms with Crippen LogP contribution in [0.4, 0.5) is 5.69 Å². The van der Waals surface area contributed by atoms with Gasteiger partial charge in [-0.25, -0.2) is 4.99 Å². The first kappa shape index (κ1) is 19.6. The topological polar surface area (TPSA) is 94.0 Å². The zero-order valence-electron chi connectivity index (χ0n) is 17.0. The number of hydrogen-bond acceptors (Lipinski definition) is 8. The largest absolute Gasteiger partial charge is 0.496 e. The van der Waals surface area contributed by atoms with E-state index in [1.807, 2.05) is 30.3 Å². The third-order valence-corrected chi connectivity index (χ3v) is 6.56. The molecule has 1 fully saturated rings. The van der Waals surface area contributed by atoms with Gasteiger partial charge in [-0.15, -0.1) is 0 Å². The lowest BCUT2D eigenvalue weighted by Crippen LogP contribution is -2.28. The van der Waals surface area contributed by atoms with Gasteiger partial charge in [0.1, 0.15) is 29.4 Å². The molecule has 1 aromatic carbocycles. The second-order valence-corrected chi connectivity index (χ2v) is 8.89. The van der Waals surface area contributed by atoms with E-state index < -0.39 is 4.92 Å². The number of aromatic nitrogens is 1. The lowest BCUT2D eigenvalue weighted by atomic mass is 10.0. The highest BCUT2D eigenvalue weighted by Gasteiger charge is 2.45. The average Bonchev–Trinajstić information content (AvgIpc) is 3.47. The first-order valence-electron chi connectivity index (χ1n) is 9.89. The van der Waals surface area contributed by atoms with E-state index in [2.05, 4.69) is 16.8 Å². The first-order valence-corrected chi connectivity index (χ1v) is 10.8. The van der Waals surface area contributed by atoms with Gasteiger partial charge in [0.05, 0.1) is 29.4 Å². The van der Waals surface area contributed by atoms with E-state index in [1.165, 1.54) is 19.2 Å². The molecule has 4 heterocycles. The number of methoxy groups -OCH3 is 1. The molecule has 2 aliphatic heterocycles. The third-order valence-electron chi connectivity index (χ3n) is 5.46. The number of hydrogen-bond donors (Lipinski definition) is 0. The fourth-order valence-electron chi connectivity index (χ4n) is 4.08. The second-order valence-electron chi connectivity index (χ2n) is 7.48. The minimum atomic E-state index is -0.444. The summed E-state index contributed by atoms with van der Waals surface area (Å²) >= 11 is 1.77. The highest BCUT2D eigenvalue weighted by Crippen LogP contribution is 2.48. The number of amidine groups is 1. The van der Waals surface area contributed by atoms with E-state index in [0.717, 1.165) is 23.2 Å². The van der Waals surface area contributed by atoms with Crippen LogP contribution in [0.25, 0.3) is 11.3 Å². The summed E-state index contributed by atoms with van der Waals surface area (Å²) in [5.74, 6) is 1.76.